The SMILES string of the molecule is Cc1ccc(Cc2c(N)cc(C#N)n2CC(=O)N2CCCCCC2)cc1. The third-order valence-corrected chi connectivity index (χ3v) is 5.10. The van der Waals surface area contributed by atoms with E-state index < -0.39 is 0 Å². The maximum absolute atomic E-state index is 12.8. The molecule has 1 amide bonds. The summed E-state index contributed by atoms with van der Waals surface area (Å²) in [5.41, 5.74) is 10.4. The second kappa shape index (κ2) is 8.09. The van der Waals surface area contributed by atoms with Gasteiger partial charge in [-0.2, -0.15) is 5.26 Å². The summed E-state index contributed by atoms with van der Waals surface area (Å²) in [6.45, 7) is 3.85. The van der Waals surface area contributed by atoms with Crippen molar-refractivity contribution in [2.75, 3.05) is 18.8 Å². The number of nitrogens with zero attached hydrogens (tertiary/aromatic N) is 3. The predicted octanol–water partition coefficient (Wildman–Crippen LogP) is 3.24. The Kier molecular flexibility index (Phi) is 5.62. The van der Waals surface area contributed by atoms with Crippen LogP contribution in [0.2, 0.25) is 0 Å². The number of nitrogens with two attached hydrogens (primary N) is 1. The maximum atomic E-state index is 12.8. The number of nitrogen functional groups attached to an aromatic ring is 1. The van der Waals surface area contributed by atoms with Gasteiger partial charge in [0.15, 0.2) is 0 Å². The molecule has 2 N–H and O–H groups in total. The van der Waals surface area contributed by atoms with Crippen LogP contribution < -0.4 is 5.73 Å². The van der Waals surface area contributed by atoms with Crippen LogP contribution in [0.4, 0.5) is 5.69 Å². The van der Waals surface area contributed by atoms with Gasteiger partial charge in [0.1, 0.15) is 18.3 Å². The van der Waals surface area contributed by atoms with Crippen molar-refractivity contribution in [1.29, 1.82) is 5.26 Å². The van der Waals surface area contributed by atoms with E-state index >= 15 is 0 Å². The van der Waals surface area contributed by atoms with Crippen molar-refractivity contribution in [2.45, 2.75) is 45.6 Å². The van der Waals surface area contributed by atoms with Crippen LogP contribution in [0.3, 0.4) is 0 Å². The Labute approximate surface area is 155 Å². The van der Waals surface area contributed by atoms with Gasteiger partial charge in [-0.25, -0.2) is 0 Å². The number of hydrogen-bond acceptors (Lipinski definition) is 3. The zero-order valence-electron chi connectivity index (χ0n) is 15.4. The number of hydrogen-bond donors (Lipinski definition) is 1. The van der Waals surface area contributed by atoms with Crippen molar-refractivity contribution in [3.63, 3.8) is 0 Å². The number of aryl methyl sites for hydroxylation is 1. The van der Waals surface area contributed by atoms with Gasteiger partial charge in [0.25, 0.3) is 0 Å². The van der Waals surface area contributed by atoms with Crippen LogP contribution in [0.15, 0.2) is 30.3 Å². The second-order valence-electron chi connectivity index (χ2n) is 7.09. The Balaban J connectivity index is 1.84. The highest BCUT2D eigenvalue weighted by Crippen LogP contribution is 2.23. The van der Waals surface area contributed by atoms with Gasteiger partial charge in [0.05, 0.1) is 5.69 Å². The summed E-state index contributed by atoms with van der Waals surface area (Å²) < 4.78 is 1.79. The van der Waals surface area contributed by atoms with Gasteiger partial charge in [-0.1, -0.05) is 42.7 Å². The van der Waals surface area contributed by atoms with Crippen molar-refractivity contribution >= 4 is 11.6 Å². The van der Waals surface area contributed by atoms with Crippen LogP contribution in [0, 0.1) is 18.3 Å². The standard InChI is InChI=1S/C21H26N4O/c1-16-6-8-17(9-7-16)12-20-19(23)13-18(14-22)25(20)15-21(26)24-10-4-2-3-5-11-24/h6-9,13H,2-5,10-12,15,23H2,1H3. The Hall–Kier alpha value is -2.74. The molecule has 136 valence electrons. The van der Waals surface area contributed by atoms with Gasteiger partial charge in [-0.3, -0.25) is 4.79 Å². The average Bonchev–Trinajstić information content (AvgIpc) is 2.83. The molecule has 5 heteroatoms. The Morgan fingerprint density at radius 3 is 2.42 bits per heavy atom. The third kappa shape index (κ3) is 4.08. The largest absolute Gasteiger partial charge is 0.397 e. The van der Waals surface area contributed by atoms with E-state index in [0.717, 1.165) is 37.2 Å². The Bertz CT molecular complexity index is 806. The molecule has 26 heavy (non-hydrogen) atoms. The van der Waals surface area contributed by atoms with Crippen LogP contribution in [-0.2, 0) is 17.8 Å². The summed E-state index contributed by atoms with van der Waals surface area (Å²) in [5, 5.41) is 9.48. The number of rotatable bonds is 4. The molecule has 0 aliphatic carbocycles. The van der Waals surface area contributed by atoms with Crippen molar-refractivity contribution in [1.82, 2.24) is 9.47 Å². The summed E-state index contributed by atoms with van der Waals surface area (Å²) in [4.78, 5) is 14.7. The van der Waals surface area contributed by atoms with Crippen LogP contribution in [0.5, 0.6) is 0 Å². The first-order valence-corrected chi connectivity index (χ1v) is 9.30. The molecule has 1 aromatic heterocycles. The van der Waals surface area contributed by atoms with Gasteiger partial charge < -0.3 is 15.2 Å². The molecule has 1 aromatic carbocycles. The van der Waals surface area contributed by atoms with Gasteiger partial charge in [-0.15, -0.1) is 0 Å². The van der Waals surface area contributed by atoms with E-state index in [9.17, 15) is 10.1 Å². The number of anilines is 1. The van der Waals surface area contributed by atoms with E-state index in [1.54, 1.807) is 10.6 Å². The summed E-state index contributed by atoms with van der Waals surface area (Å²) in [6, 6.07) is 12.1. The molecule has 0 spiro atoms. The maximum Gasteiger partial charge on any atom is 0.242 e. The van der Waals surface area contributed by atoms with E-state index in [4.69, 9.17) is 5.73 Å². The number of nitriles is 1. The van der Waals surface area contributed by atoms with Crippen molar-refractivity contribution < 1.29 is 4.79 Å². The zero-order valence-corrected chi connectivity index (χ0v) is 15.4. The molecule has 1 aliphatic heterocycles. The minimum Gasteiger partial charge on any atom is -0.397 e. The van der Waals surface area contributed by atoms with Crippen LogP contribution in [0.1, 0.15) is 48.2 Å². The average molecular weight is 350 g/mol. The van der Waals surface area contributed by atoms with Crippen molar-refractivity contribution in [3.8, 4) is 6.07 Å². The lowest BCUT2D eigenvalue weighted by atomic mass is 10.1. The molecule has 1 aliphatic rings. The molecule has 0 saturated carbocycles. The van der Waals surface area contributed by atoms with E-state index in [2.05, 4.69) is 37.3 Å². The second-order valence-corrected chi connectivity index (χ2v) is 7.09. The summed E-state index contributed by atoms with van der Waals surface area (Å²) >= 11 is 0. The number of amides is 1. The van der Waals surface area contributed by atoms with E-state index in [-0.39, 0.29) is 12.5 Å². The smallest absolute Gasteiger partial charge is 0.242 e. The molecule has 0 unspecified atom stereocenters. The molecule has 5 nitrogen and oxygen atoms in total. The summed E-state index contributed by atoms with van der Waals surface area (Å²) in [6.07, 6.45) is 5.09. The minimum absolute atomic E-state index is 0.0733. The zero-order chi connectivity index (χ0) is 18.5. The number of aromatic nitrogens is 1. The predicted molar refractivity (Wildman–Crippen MR) is 103 cm³/mol. The highest BCUT2D eigenvalue weighted by atomic mass is 16.2. The highest BCUT2D eigenvalue weighted by molar-refractivity contribution is 5.77. The third-order valence-electron chi connectivity index (χ3n) is 5.10. The molecule has 3 rings (SSSR count). The first-order chi connectivity index (χ1) is 12.6. The molecule has 2 aromatic rings. The molecule has 1 saturated heterocycles. The van der Waals surface area contributed by atoms with E-state index in [1.165, 1.54) is 18.4 Å². The van der Waals surface area contributed by atoms with Crippen LogP contribution in [-0.4, -0.2) is 28.5 Å². The van der Waals surface area contributed by atoms with Gasteiger partial charge in [-0.05, 0) is 31.4 Å². The number of carbonyl (C=O) groups excluding carboxylic acids is 1. The van der Waals surface area contributed by atoms with Crippen LogP contribution in [0.25, 0.3) is 0 Å². The van der Waals surface area contributed by atoms with Crippen molar-refractivity contribution in [3.05, 3.63) is 52.8 Å². The number of carbonyl (C=O) groups is 1. The van der Waals surface area contributed by atoms with Crippen LogP contribution >= 0.6 is 0 Å². The first kappa shape index (κ1) is 18.1. The number of likely N-dealkylation sites (tertiary alicyclic amines) is 1. The van der Waals surface area contributed by atoms with Gasteiger partial charge in [0.2, 0.25) is 5.91 Å². The fourth-order valence-electron chi connectivity index (χ4n) is 3.54. The molecular weight excluding hydrogens is 324 g/mol. The molecule has 0 atom stereocenters. The first-order valence-electron chi connectivity index (χ1n) is 9.30. The monoisotopic (exact) mass is 350 g/mol. The lowest BCUT2D eigenvalue weighted by molar-refractivity contribution is -0.131. The van der Waals surface area contributed by atoms with E-state index in [1.807, 2.05) is 4.90 Å². The normalized spacial score (nSPS) is 14.7. The lowest BCUT2D eigenvalue weighted by Crippen LogP contribution is -2.35. The van der Waals surface area contributed by atoms with E-state index in [0.29, 0.717) is 17.8 Å². The highest BCUT2D eigenvalue weighted by Gasteiger charge is 2.20. The lowest BCUT2D eigenvalue weighted by Gasteiger charge is -2.22. The Morgan fingerprint density at radius 2 is 1.81 bits per heavy atom. The van der Waals surface area contributed by atoms with Gasteiger partial charge >= 0.3 is 0 Å². The van der Waals surface area contributed by atoms with Gasteiger partial charge in [0, 0.05) is 25.2 Å². The fourth-order valence-corrected chi connectivity index (χ4v) is 3.54. The quantitative estimate of drug-likeness (QED) is 0.920. The molecule has 2 heterocycles. The molecule has 0 bridgehead atoms. The number of benzene rings is 1. The minimum atomic E-state index is 0.0733. The molecular formula is C21H26N4O. The molecule has 1 fully saturated rings. The summed E-state index contributed by atoms with van der Waals surface area (Å²) in [7, 11) is 0. The van der Waals surface area contributed by atoms with Crippen molar-refractivity contribution in [2.24, 2.45) is 0 Å². The Morgan fingerprint density at radius 1 is 1.15 bits per heavy atom. The fraction of sp³-hybridized carbons (Fsp3) is 0.429. The topological polar surface area (TPSA) is 75.0 Å². The molecule has 0 radical (unpaired) electrons. The summed E-state index contributed by atoms with van der Waals surface area (Å²) in [5.74, 6) is 0.0733.